The molecule has 0 aliphatic carbocycles. The smallest absolute Gasteiger partial charge is 0.469 e. The molecule has 0 aliphatic heterocycles. The van der Waals surface area contributed by atoms with Crippen molar-refractivity contribution in [3.8, 4) is 0 Å². The summed E-state index contributed by atoms with van der Waals surface area (Å²) in [5.74, 6) is -6.27. The van der Waals surface area contributed by atoms with Gasteiger partial charge in [0.25, 0.3) is 0 Å². The lowest BCUT2D eigenvalue weighted by atomic mass is 10.1. The van der Waals surface area contributed by atoms with E-state index < -0.39 is 93.6 Å². The Balaban J connectivity index is 5.65. The van der Waals surface area contributed by atoms with E-state index in [1.165, 1.54) is 6.92 Å². The van der Waals surface area contributed by atoms with Gasteiger partial charge < -0.3 is 57.2 Å². The quantitative estimate of drug-likeness (QED) is 0.0876. The highest BCUT2D eigenvalue weighted by molar-refractivity contribution is 7.46. The molecule has 0 saturated heterocycles. The van der Waals surface area contributed by atoms with E-state index in [1.807, 2.05) is 16.0 Å². The second-order valence-electron chi connectivity index (χ2n) is 7.15. The number of phosphoric acid groups is 1. The number of aliphatic carboxylic acids is 1. The van der Waals surface area contributed by atoms with Gasteiger partial charge in [0.05, 0.1) is 32.0 Å². The molecule has 6 atom stereocenters. The number of carboxylic acid groups (broad SMARTS) is 1. The average molecular weight is 531 g/mol. The number of nitrogens with one attached hydrogen (secondary N) is 4. The summed E-state index contributed by atoms with van der Waals surface area (Å²) in [6.45, 7) is -0.826. The standard InChI is InChI=1S/C16H30N5O13P/c1-6(17)12(25)18-8(3-22)13(26)19-9(4-23)14(27)21-11(7(2)34-35(31,32)33)15(28)20-10(5-24)16(29)30/h6-11,22-24H,3-5,17H2,1-2H3,(H,18,25)(H,19,26)(H,20,28)(H,21,27)(H,29,30)(H2,31,32,33)/t6-,7+,8-,9-,10-,11-/m0/s1. The Morgan fingerprint density at radius 2 is 1.17 bits per heavy atom. The van der Waals surface area contributed by atoms with Crippen LogP contribution < -0.4 is 27.0 Å². The van der Waals surface area contributed by atoms with E-state index in [9.17, 15) is 38.8 Å². The summed E-state index contributed by atoms with van der Waals surface area (Å²) in [5, 5.41) is 44.6. The summed E-state index contributed by atoms with van der Waals surface area (Å²) in [4.78, 5) is 78.0. The van der Waals surface area contributed by atoms with Crippen molar-refractivity contribution in [3.05, 3.63) is 0 Å². The van der Waals surface area contributed by atoms with Gasteiger partial charge in [-0.15, -0.1) is 0 Å². The lowest BCUT2D eigenvalue weighted by Crippen LogP contribution is -2.62. The first-order chi connectivity index (χ1) is 16.1. The maximum atomic E-state index is 12.6. The summed E-state index contributed by atoms with van der Waals surface area (Å²) in [6, 6.07) is -8.27. The zero-order valence-electron chi connectivity index (χ0n) is 18.7. The summed E-state index contributed by atoms with van der Waals surface area (Å²) in [6.07, 6.45) is -1.78. The van der Waals surface area contributed by atoms with Crippen molar-refractivity contribution in [1.82, 2.24) is 21.3 Å². The first-order valence-electron chi connectivity index (χ1n) is 9.84. The molecular weight excluding hydrogens is 501 g/mol. The molecule has 0 aromatic carbocycles. The van der Waals surface area contributed by atoms with Gasteiger partial charge in [-0.3, -0.25) is 23.7 Å². The van der Waals surface area contributed by atoms with Crippen LogP contribution in [0.5, 0.6) is 0 Å². The van der Waals surface area contributed by atoms with Crippen molar-refractivity contribution in [3.63, 3.8) is 0 Å². The van der Waals surface area contributed by atoms with Crippen molar-refractivity contribution in [1.29, 1.82) is 0 Å². The van der Waals surface area contributed by atoms with Crippen LogP contribution in [0, 0.1) is 0 Å². The van der Waals surface area contributed by atoms with E-state index in [2.05, 4.69) is 9.84 Å². The van der Waals surface area contributed by atoms with Crippen LogP contribution in [-0.4, -0.2) is 116 Å². The van der Waals surface area contributed by atoms with Crippen LogP contribution in [-0.2, 0) is 33.1 Å². The van der Waals surface area contributed by atoms with Crippen LogP contribution in [0.1, 0.15) is 13.8 Å². The van der Waals surface area contributed by atoms with Crippen LogP contribution in [0.2, 0.25) is 0 Å². The number of rotatable bonds is 15. The van der Waals surface area contributed by atoms with Gasteiger partial charge in [-0.25, -0.2) is 9.36 Å². The number of hydrogen-bond acceptors (Lipinski definition) is 11. The van der Waals surface area contributed by atoms with Crippen LogP contribution >= 0.6 is 7.82 Å². The third kappa shape index (κ3) is 11.5. The highest BCUT2D eigenvalue weighted by Crippen LogP contribution is 2.38. The molecule has 18 nitrogen and oxygen atoms in total. The third-order valence-electron chi connectivity index (χ3n) is 4.20. The summed E-state index contributed by atoms with van der Waals surface area (Å²) < 4.78 is 15.5. The minimum absolute atomic E-state index is 0.818. The monoisotopic (exact) mass is 531 g/mol. The van der Waals surface area contributed by atoms with Crippen molar-refractivity contribution in [2.75, 3.05) is 19.8 Å². The minimum atomic E-state index is -5.21. The summed E-state index contributed by atoms with van der Waals surface area (Å²) in [5.41, 5.74) is 5.35. The minimum Gasteiger partial charge on any atom is -0.480 e. The zero-order chi connectivity index (χ0) is 27.5. The molecule has 0 aromatic heterocycles. The van der Waals surface area contributed by atoms with Gasteiger partial charge in [0, 0.05) is 0 Å². The molecule has 35 heavy (non-hydrogen) atoms. The first kappa shape index (κ1) is 32.3. The Kier molecular flexibility index (Phi) is 13.5. The van der Waals surface area contributed by atoms with Gasteiger partial charge in [-0.05, 0) is 13.8 Å². The van der Waals surface area contributed by atoms with E-state index in [-0.39, 0.29) is 0 Å². The number of carboxylic acids is 1. The fourth-order valence-corrected chi connectivity index (χ4v) is 2.89. The molecule has 0 heterocycles. The molecule has 0 saturated carbocycles. The molecule has 0 bridgehead atoms. The van der Waals surface area contributed by atoms with Crippen LogP contribution in [0.25, 0.3) is 0 Å². The Morgan fingerprint density at radius 3 is 1.54 bits per heavy atom. The van der Waals surface area contributed by atoms with E-state index in [4.69, 9.17) is 25.7 Å². The molecule has 0 fully saturated rings. The van der Waals surface area contributed by atoms with Gasteiger partial charge >= 0.3 is 13.8 Å². The topological polar surface area (TPSA) is 307 Å². The lowest BCUT2D eigenvalue weighted by molar-refractivity contribution is -0.144. The number of nitrogens with two attached hydrogens (primary N) is 1. The first-order valence-corrected chi connectivity index (χ1v) is 11.4. The number of carbonyl (C=O) groups is 5. The number of phosphoric ester groups is 1. The predicted octanol–water partition coefficient (Wildman–Crippen LogP) is -6.17. The van der Waals surface area contributed by atoms with Gasteiger partial charge in [0.15, 0.2) is 0 Å². The Bertz CT molecular complexity index is 820. The van der Waals surface area contributed by atoms with Crippen molar-refractivity contribution in [2.24, 2.45) is 5.73 Å². The van der Waals surface area contributed by atoms with Crippen LogP contribution in [0.3, 0.4) is 0 Å². The fourth-order valence-electron chi connectivity index (χ4n) is 2.34. The van der Waals surface area contributed by atoms with Crippen LogP contribution in [0.15, 0.2) is 0 Å². The highest BCUT2D eigenvalue weighted by atomic mass is 31.2. The Morgan fingerprint density at radius 1 is 0.771 bits per heavy atom. The molecule has 0 spiro atoms. The second kappa shape index (κ2) is 14.6. The number of aliphatic hydroxyl groups excluding tert-OH is 3. The molecule has 4 amide bonds. The Labute approximate surface area is 198 Å². The molecule has 12 N–H and O–H groups in total. The van der Waals surface area contributed by atoms with E-state index >= 15 is 0 Å². The number of carbonyl (C=O) groups excluding carboxylic acids is 4. The third-order valence-corrected chi connectivity index (χ3v) is 4.80. The van der Waals surface area contributed by atoms with Gasteiger partial charge in [-0.2, -0.15) is 0 Å². The molecule has 202 valence electrons. The van der Waals surface area contributed by atoms with Crippen LogP contribution in [0.4, 0.5) is 0 Å². The SMILES string of the molecule is C[C@H](N)C(=O)N[C@@H](CO)C(=O)N[C@@H](CO)C(=O)N[C@H](C(=O)N[C@@H](CO)C(=O)O)[C@@H](C)OP(=O)(O)O. The molecule has 0 aliphatic rings. The van der Waals surface area contributed by atoms with E-state index in [0.29, 0.717) is 0 Å². The second-order valence-corrected chi connectivity index (χ2v) is 8.34. The highest BCUT2D eigenvalue weighted by Gasteiger charge is 2.36. The normalized spacial score (nSPS) is 16.6. The van der Waals surface area contributed by atoms with Crippen molar-refractivity contribution >= 4 is 37.4 Å². The maximum absolute atomic E-state index is 12.6. The van der Waals surface area contributed by atoms with Gasteiger partial charge in [0.2, 0.25) is 23.6 Å². The average Bonchev–Trinajstić information content (AvgIpc) is 2.75. The maximum Gasteiger partial charge on any atom is 0.469 e. The number of aliphatic hydroxyl groups is 3. The largest absolute Gasteiger partial charge is 0.480 e. The molecule has 0 radical (unpaired) electrons. The molecule has 19 heteroatoms. The fraction of sp³-hybridized carbons (Fsp3) is 0.688. The number of hydrogen-bond donors (Lipinski definition) is 11. The molecule has 0 rings (SSSR count). The zero-order valence-corrected chi connectivity index (χ0v) is 19.5. The molecule has 0 aromatic rings. The van der Waals surface area contributed by atoms with Crippen molar-refractivity contribution in [2.45, 2.75) is 50.2 Å². The van der Waals surface area contributed by atoms with Gasteiger partial charge in [0.1, 0.15) is 24.2 Å². The molecular formula is C16H30N5O13P. The van der Waals surface area contributed by atoms with Crippen molar-refractivity contribution < 1.29 is 63.3 Å². The van der Waals surface area contributed by atoms with E-state index in [0.717, 1.165) is 6.92 Å². The van der Waals surface area contributed by atoms with Gasteiger partial charge in [-0.1, -0.05) is 0 Å². The molecule has 0 unspecified atom stereocenters. The number of amides is 4. The summed E-state index contributed by atoms with van der Waals surface area (Å²) in [7, 11) is -5.21. The Hall–Kier alpha value is -2.70. The lowest BCUT2D eigenvalue weighted by Gasteiger charge is -2.28. The predicted molar refractivity (Wildman–Crippen MR) is 113 cm³/mol. The van der Waals surface area contributed by atoms with E-state index in [1.54, 1.807) is 0 Å². The summed E-state index contributed by atoms with van der Waals surface area (Å²) >= 11 is 0.